The third-order valence-corrected chi connectivity index (χ3v) is 4.20. The summed E-state index contributed by atoms with van der Waals surface area (Å²) in [5, 5.41) is 12.1. The van der Waals surface area contributed by atoms with Gasteiger partial charge in [-0.3, -0.25) is 4.79 Å². The normalized spacial score (nSPS) is 20.1. The van der Waals surface area contributed by atoms with Crippen LogP contribution < -0.4 is 5.32 Å². The quantitative estimate of drug-likeness (QED) is 0.802. The Balaban J connectivity index is 2.47. The minimum atomic E-state index is -0.731. The fourth-order valence-electron chi connectivity index (χ4n) is 2.07. The first kappa shape index (κ1) is 13.4. The van der Waals surface area contributed by atoms with Crippen molar-refractivity contribution in [3.05, 3.63) is 0 Å². The highest BCUT2D eigenvalue weighted by molar-refractivity contribution is 7.99. The number of nitrogens with zero attached hydrogens (tertiary/aromatic N) is 1. The van der Waals surface area contributed by atoms with Gasteiger partial charge in [0.2, 0.25) is 5.91 Å². The van der Waals surface area contributed by atoms with E-state index in [-0.39, 0.29) is 11.9 Å². The summed E-state index contributed by atoms with van der Waals surface area (Å²) < 4.78 is 0. The summed E-state index contributed by atoms with van der Waals surface area (Å²) in [6.45, 7) is 4.10. The number of carbonyl (C=O) groups excluding carboxylic acids is 1. The van der Waals surface area contributed by atoms with Crippen molar-refractivity contribution in [2.24, 2.45) is 5.41 Å². The van der Waals surface area contributed by atoms with E-state index in [0.29, 0.717) is 0 Å². The summed E-state index contributed by atoms with van der Waals surface area (Å²) in [6.07, 6.45) is 3.45. The molecule has 1 fully saturated rings. The second-order valence-electron chi connectivity index (χ2n) is 4.43. The van der Waals surface area contributed by atoms with E-state index in [2.05, 4.69) is 18.3 Å². The zero-order valence-corrected chi connectivity index (χ0v) is 10.9. The van der Waals surface area contributed by atoms with Crippen molar-refractivity contribution in [2.75, 3.05) is 11.5 Å². The van der Waals surface area contributed by atoms with Crippen molar-refractivity contribution in [1.29, 1.82) is 5.26 Å². The van der Waals surface area contributed by atoms with Crippen molar-refractivity contribution in [3.63, 3.8) is 0 Å². The van der Waals surface area contributed by atoms with Crippen LogP contribution in [-0.2, 0) is 4.79 Å². The van der Waals surface area contributed by atoms with E-state index in [4.69, 9.17) is 5.26 Å². The molecule has 1 atom stereocenters. The Morgan fingerprint density at radius 3 is 2.69 bits per heavy atom. The second-order valence-corrected chi connectivity index (χ2v) is 5.75. The summed E-state index contributed by atoms with van der Waals surface area (Å²) in [5.74, 6) is 1.92. The number of thioether (sulfide) groups is 1. The van der Waals surface area contributed by atoms with Gasteiger partial charge in [0.05, 0.1) is 6.07 Å². The summed E-state index contributed by atoms with van der Waals surface area (Å²) in [5.41, 5.74) is -0.731. The molecule has 1 saturated carbocycles. The maximum Gasteiger partial charge on any atom is 0.240 e. The monoisotopic (exact) mass is 240 g/mol. The average molecular weight is 240 g/mol. The maximum absolute atomic E-state index is 12.0. The average Bonchev–Trinajstić information content (AvgIpc) is 2.76. The molecule has 1 unspecified atom stereocenters. The van der Waals surface area contributed by atoms with Gasteiger partial charge in [-0.15, -0.1) is 0 Å². The van der Waals surface area contributed by atoms with Gasteiger partial charge < -0.3 is 5.32 Å². The van der Waals surface area contributed by atoms with Crippen LogP contribution in [0, 0.1) is 16.7 Å². The largest absolute Gasteiger partial charge is 0.351 e. The van der Waals surface area contributed by atoms with Crippen LogP contribution in [0.5, 0.6) is 0 Å². The molecule has 1 amide bonds. The first-order chi connectivity index (χ1) is 7.64. The molecule has 1 N–H and O–H groups in total. The van der Waals surface area contributed by atoms with Crippen LogP contribution in [0.25, 0.3) is 0 Å². The molecule has 16 heavy (non-hydrogen) atoms. The van der Waals surface area contributed by atoms with Crippen LogP contribution in [0.2, 0.25) is 0 Å². The molecule has 0 aliphatic heterocycles. The fraction of sp³-hybridized carbons (Fsp3) is 0.833. The lowest BCUT2D eigenvalue weighted by Crippen LogP contribution is -2.43. The molecule has 0 aromatic rings. The number of amides is 1. The van der Waals surface area contributed by atoms with Gasteiger partial charge in [0.15, 0.2) is 0 Å². The number of carbonyl (C=O) groups is 1. The van der Waals surface area contributed by atoms with Gasteiger partial charge >= 0.3 is 0 Å². The maximum atomic E-state index is 12.0. The highest BCUT2D eigenvalue weighted by Crippen LogP contribution is 2.37. The number of nitriles is 1. The Bertz CT molecular complexity index is 279. The molecular weight excluding hydrogens is 220 g/mol. The van der Waals surface area contributed by atoms with Gasteiger partial charge in [0.1, 0.15) is 5.41 Å². The van der Waals surface area contributed by atoms with Gasteiger partial charge in [-0.2, -0.15) is 17.0 Å². The van der Waals surface area contributed by atoms with E-state index >= 15 is 0 Å². The number of rotatable bonds is 5. The van der Waals surface area contributed by atoms with Crippen LogP contribution in [-0.4, -0.2) is 23.5 Å². The molecule has 0 aromatic carbocycles. The van der Waals surface area contributed by atoms with Gasteiger partial charge in [-0.05, 0) is 25.5 Å². The SMILES string of the molecule is CCSCC(C)NC(=O)C1(C#N)CCCC1. The molecular formula is C12H20N2OS. The minimum Gasteiger partial charge on any atom is -0.351 e. The molecule has 0 heterocycles. The molecule has 0 spiro atoms. The van der Waals surface area contributed by atoms with Gasteiger partial charge in [0, 0.05) is 11.8 Å². The van der Waals surface area contributed by atoms with Crippen LogP contribution in [0.4, 0.5) is 0 Å². The minimum absolute atomic E-state index is 0.0586. The van der Waals surface area contributed by atoms with Crippen molar-refractivity contribution in [1.82, 2.24) is 5.32 Å². The molecule has 0 bridgehead atoms. The number of nitrogens with one attached hydrogen (secondary N) is 1. The molecule has 1 rings (SSSR count). The van der Waals surface area contributed by atoms with E-state index < -0.39 is 5.41 Å². The standard InChI is InChI=1S/C12H20N2OS/c1-3-16-8-10(2)14-11(15)12(9-13)6-4-5-7-12/h10H,3-8H2,1-2H3,(H,14,15). The van der Waals surface area contributed by atoms with Gasteiger partial charge in [-0.25, -0.2) is 0 Å². The van der Waals surface area contributed by atoms with Crippen molar-refractivity contribution in [3.8, 4) is 6.07 Å². The molecule has 4 heteroatoms. The highest BCUT2D eigenvalue weighted by Gasteiger charge is 2.41. The predicted molar refractivity (Wildman–Crippen MR) is 67.1 cm³/mol. The van der Waals surface area contributed by atoms with E-state index in [1.165, 1.54) is 0 Å². The lowest BCUT2D eigenvalue weighted by molar-refractivity contribution is -0.128. The Hall–Kier alpha value is -0.690. The second kappa shape index (κ2) is 6.15. The Morgan fingerprint density at radius 2 is 2.19 bits per heavy atom. The van der Waals surface area contributed by atoms with E-state index in [1.54, 1.807) is 0 Å². The molecule has 0 radical (unpaired) electrons. The molecule has 3 nitrogen and oxygen atoms in total. The molecule has 1 aliphatic rings. The Labute approximate surface area is 102 Å². The number of hydrogen-bond acceptors (Lipinski definition) is 3. The summed E-state index contributed by atoms with van der Waals surface area (Å²) >= 11 is 1.81. The lowest BCUT2D eigenvalue weighted by atomic mass is 9.87. The smallest absolute Gasteiger partial charge is 0.240 e. The predicted octanol–water partition coefficient (Wildman–Crippen LogP) is 2.33. The van der Waals surface area contributed by atoms with Gasteiger partial charge in [0.25, 0.3) is 0 Å². The molecule has 1 aliphatic carbocycles. The molecule has 0 aromatic heterocycles. The third kappa shape index (κ3) is 3.15. The Morgan fingerprint density at radius 1 is 1.56 bits per heavy atom. The van der Waals surface area contributed by atoms with Crippen LogP contribution in [0.15, 0.2) is 0 Å². The zero-order chi connectivity index (χ0) is 12.0. The van der Waals surface area contributed by atoms with E-state index in [9.17, 15) is 4.79 Å². The van der Waals surface area contributed by atoms with Crippen LogP contribution in [0.1, 0.15) is 39.5 Å². The first-order valence-corrected chi connectivity index (χ1v) is 7.10. The van der Waals surface area contributed by atoms with Crippen LogP contribution in [0.3, 0.4) is 0 Å². The first-order valence-electron chi connectivity index (χ1n) is 5.94. The zero-order valence-electron chi connectivity index (χ0n) is 10.1. The van der Waals surface area contributed by atoms with Crippen molar-refractivity contribution < 1.29 is 4.79 Å². The lowest BCUT2D eigenvalue weighted by Gasteiger charge is -2.22. The van der Waals surface area contributed by atoms with E-state index in [0.717, 1.165) is 37.2 Å². The topological polar surface area (TPSA) is 52.9 Å². The number of hydrogen-bond donors (Lipinski definition) is 1. The summed E-state index contributed by atoms with van der Waals surface area (Å²) in [4.78, 5) is 12.0. The Kier molecular flexibility index (Phi) is 5.14. The fourth-order valence-corrected chi connectivity index (χ4v) is 2.74. The highest BCUT2D eigenvalue weighted by atomic mass is 32.2. The summed E-state index contributed by atoms with van der Waals surface area (Å²) in [7, 11) is 0. The van der Waals surface area contributed by atoms with Crippen LogP contribution >= 0.6 is 11.8 Å². The van der Waals surface area contributed by atoms with Crippen molar-refractivity contribution >= 4 is 17.7 Å². The van der Waals surface area contributed by atoms with E-state index in [1.807, 2.05) is 18.7 Å². The van der Waals surface area contributed by atoms with Gasteiger partial charge in [-0.1, -0.05) is 19.8 Å². The van der Waals surface area contributed by atoms with Crippen molar-refractivity contribution in [2.45, 2.75) is 45.6 Å². The molecule has 0 saturated heterocycles. The summed E-state index contributed by atoms with van der Waals surface area (Å²) in [6, 6.07) is 2.38. The third-order valence-electron chi connectivity index (χ3n) is 3.06. The molecule has 90 valence electrons.